The van der Waals surface area contributed by atoms with E-state index < -0.39 is 0 Å². The summed E-state index contributed by atoms with van der Waals surface area (Å²) in [5, 5.41) is 6.84. The molecule has 0 aliphatic carbocycles. The smallest absolute Gasteiger partial charge is 0.191 e. The summed E-state index contributed by atoms with van der Waals surface area (Å²) in [6.07, 6.45) is 1.93. The van der Waals surface area contributed by atoms with Crippen molar-refractivity contribution in [3.8, 4) is 11.5 Å². The number of hydrogen-bond donors (Lipinski definition) is 2. The monoisotopic (exact) mass is 391 g/mol. The van der Waals surface area contributed by atoms with Crippen molar-refractivity contribution in [3.05, 3.63) is 23.8 Å². The Bertz CT molecular complexity index is 629. The Kier molecular flexibility index (Phi) is 8.90. The van der Waals surface area contributed by atoms with Crippen LogP contribution in [0.1, 0.15) is 59.1 Å². The molecule has 158 valence electrons. The third-order valence-corrected chi connectivity index (χ3v) is 4.61. The Labute approximate surface area is 170 Å². The lowest BCUT2D eigenvalue weighted by Gasteiger charge is -2.36. The molecule has 0 bridgehead atoms. The van der Waals surface area contributed by atoms with E-state index in [4.69, 9.17) is 19.2 Å². The molecule has 1 heterocycles. The molecule has 0 amide bonds. The number of aliphatic imine (C=N–C) groups is 1. The van der Waals surface area contributed by atoms with Gasteiger partial charge in [-0.05, 0) is 44.4 Å². The minimum absolute atomic E-state index is 0.0902. The summed E-state index contributed by atoms with van der Waals surface area (Å²) in [6, 6.07) is 6.26. The van der Waals surface area contributed by atoms with Crippen LogP contribution < -0.4 is 20.1 Å². The number of nitrogens with zero attached hydrogens (tertiary/aromatic N) is 1. The number of nitrogens with one attached hydrogen (secondary N) is 2. The SMILES string of the molecule is CCCOc1ccc(C(C)NC(=NCC2(C)COC2)NCC)cc1OCCC. The third kappa shape index (κ3) is 6.59. The van der Waals surface area contributed by atoms with E-state index in [2.05, 4.69) is 57.4 Å². The summed E-state index contributed by atoms with van der Waals surface area (Å²) < 4.78 is 17.1. The molecule has 1 aliphatic rings. The topological polar surface area (TPSA) is 64.1 Å². The zero-order chi connectivity index (χ0) is 20.4. The molecule has 1 unspecified atom stereocenters. The van der Waals surface area contributed by atoms with Gasteiger partial charge >= 0.3 is 0 Å². The Morgan fingerprint density at radius 2 is 1.82 bits per heavy atom. The molecule has 2 rings (SSSR count). The van der Waals surface area contributed by atoms with Crippen LogP contribution in [0.2, 0.25) is 0 Å². The van der Waals surface area contributed by atoms with Gasteiger partial charge in [-0.25, -0.2) is 0 Å². The fraction of sp³-hybridized carbons (Fsp3) is 0.682. The number of benzene rings is 1. The number of hydrogen-bond acceptors (Lipinski definition) is 4. The van der Waals surface area contributed by atoms with E-state index in [-0.39, 0.29) is 11.5 Å². The Morgan fingerprint density at radius 3 is 2.39 bits per heavy atom. The van der Waals surface area contributed by atoms with Gasteiger partial charge < -0.3 is 24.8 Å². The average Bonchev–Trinajstić information content (AvgIpc) is 2.67. The second-order valence-corrected chi connectivity index (χ2v) is 7.77. The van der Waals surface area contributed by atoms with Gasteiger partial charge in [0, 0.05) is 12.0 Å². The van der Waals surface area contributed by atoms with E-state index in [1.807, 2.05) is 6.07 Å². The largest absolute Gasteiger partial charge is 0.490 e. The highest BCUT2D eigenvalue weighted by molar-refractivity contribution is 5.80. The first-order chi connectivity index (χ1) is 13.5. The zero-order valence-corrected chi connectivity index (χ0v) is 18.1. The Balaban J connectivity index is 2.08. The van der Waals surface area contributed by atoms with Crippen LogP contribution in [-0.4, -0.2) is 45.5 Å². The van der Waals surface area contributed by atoms with Crippen molar-refractivity contribution in [1.82, 2.24) is 10.6 Å². The third-order valence-electron chi connectivity index (χ3n) is 4.61. The van der Waals surface area contributed by atoms with Gasteiger partial charge in [-0.3, -0.25) is 4.99 Å². The van der Waals surface area contributed by atoms with Crippen LogP contribution in [0.4, 0.5) is 0 Å². The van der Waals surface area contributed by atoms with Crippen molar-refractivity contribution in [2.24, 2.45) is 10.4 Å². The predicted octanol–water partition coefficient (Wildman–Crippen LogP) is 3.92. The van der Waals surface area contributed by atoms with Crippen molar-refractivity contribution in [1.29, 1.82) is 0 Å². The van der Waals surface area contributed by atoms with E-state index >= 15 is 0 Å². The van der Waals surface area contributed by atoms with E-state index in [9.17, 15) is 0 Å². The molecule has 1 saturated heterocycles. The van der Waals surface area contributed by atoms with E-state index in [0.717, 1.165) is 62.2 Å². The van der Waals surface area contributed by atoms with Crippen molar-refractivity contribution in [2.45, 2.75) is 53.5 Å². The number of rotatable bonds is 11. The van der Waals surface area contributed by atoms with Gasteiger partial charge in [-0.15, -0.1) is 0 Å². The number of ether oxygens (including phenoxy) is 3. The molecule has 0 radical (unpaired) electrons. The van der Waals surface area contributed by atoms with Gasteiger partial charge in [0.15, 0.2) is 17.5 Å². The first-order valence-electron chi connectivity index (χ1n) is 10.5. The van der Waals surface area contributed by atoms with Crippen LogP contribution in [-0.2, 0) is 4.74 Å². The lowest BCUT2D eigenvalue weighted by atomic mass is 9.89. The minimum Gasteiger partial charge on any atom is -0.490 e. The Morgan fingerprint density at radius 1 is 1.14 bits per heavy atom. The highest BCUT2D eigenvalue weighted by Gasteiger charge is 2.33. The van der Waals surface area contributed by atoms with Gasteiger partial charge in [0.05, 0.1) is 39.0 Å². The van der Waals surface area contributed by atoms with E-state index in [1.165, 1.54) is 0 Å². The van der Waals surface area contributed by atoms with Crippen LogP contribution in [0, 0.1) is 5.41 Å². The normalized spacial score (nSPS) is 16.8. The van der Waals surface area contributed by atoms with E-state index in [1.54, 1.807) is 0 Å². The molecule has 6 heteroatoms. The summed E-state index contributed by atoms with van der Waals surface area (Å²) in [4.78, 5) is 4.76. The van der Waals surface area contributed by atoms with Gasteiger partial charge in [0.2, 0.25) is 0 Å². The van der Waals surface area contributed by atoms with Crippen molar-refractivity contribution < 1.29 is 14.2 Å². The second-order valence-electron chi connectivity index (χ2n) is 7.77. The summed E-state index contributed by atoms with van der Waals surface area (Å²) in [6.45, 7) is 15.1. The molecule has 1 aromatic carbocycles. The first kappa shape index (κ1) is 22.3. The average molecular weight is 392 g/mol. The van der Waals surface area contributed by atoms with Crippen molar-refractivity contribution in [2.75, 3.05) is 39.5 Å². The van der Waals surface area contributed by atoms with Crippen molar-refractivity contribution >= 4 is 5.96 Å². The second kappa shape index (κ2) is 11.1. The molecule has 0 spiro atoms. The maximum absolute atomic E-state index is 5.93. The molecule has 0 saturated carbocycles. The summed E-state index contributed by atoms with van der Waals surface area (Å²) in [5.74, 6) is 2.44. The molecule has 1 fully saturated rings. The van der Waals surface area contributed by atoms with Gasteiger partial charge in [0.1, 0.15) is 0 Å². The molecular weight excluding hydrogens is 354 g/mol. The minimum atomic E-state index is 0.0902. The molecule has 0 aromatic heterocycles. The summed E-state index contributed by atoms with van der Waals surface area (Å²) in [5.41, 5.74) is 1.30. The van der Waals surface area contributed by atoms with Crippen LogP contribution in [0.15, 0.2) is 23.2 Å². The number of guanidine groups is 1. The maximum Gasteiger partial charge on any atom is 0.191 e. The molecule has 1 aliphatic heterocycles. The van der Waals surface area contributed by atoms with Crippen molar-refractivity contribution in [3.63, 3.8) is 0 Å². The Hall–Kier alpha value is -1.95. The molecule has 1 atom stereocenters. The van der Waals surface area contributed by atoms with Crippen LogP contribution in [0.25, 0.3) is 0 Å². The molecular formula is C22H37N3O3. The quantitative estimate of drug-likeness (QED) is 0.442. The molecule has 6 nitrogen and oxygen atoms in total. The van der Waals surface area contributed by atoms with Crippen LogP contribution in [0.3, 0.4) is 0 Å². The summed E-state index contributed by atoms with van der Waals surface area (Å²) in [7, 11) is 0. The highest BCUT2D eigenvalue weighted by atomic mass is 16.5. The maximum atomic E-state index is 5.93. The van der Waals surface area contributed by atoms with Crippen LogP contribution in [0.5, 0.6) is 11.5 Å². The standard InChI is InChI=1S/C22H37N3O3/c1-6-11-27-19-10-9-18(13-20(19)28-12-7-2)17(4)25-21(23-8-3)24-14-22(5)15-26-16-22/h9-10,13,17H,6-8,11-12,14-16H2,1-5H3,(H2,23,24,25). The first-order valence-corrected chi connectivity index (χ1v) is 10.5. The zero-order valence-electron chi connectivity index (χ0n) is 18.1. The lowest BCUT2D eigenvalue weighted by Crippen LogP contribution is -2.44. The molecule has 1 aromatic rings. The highest BCUT2D eigenvalue weighted by Crippen LogP contribution is 2.31. The van der Waals surface area contributed by atoms with Crippen LogP contribution >= 0.6 is 0 Å². The molecule has 28 heavy (non-hydrogen) atoms. The van der Waals surface area contributed by atoms with Gasteiger partial charge in [0.25, 0.3) is 0 Å². The van der Waals surface area contributed by atoms with E-state index in [0.29, 0.717) is 13.2 Å². The fourth-order valence-electron chi connectivity index (χ4n) is 2.87. The lowest BCUT2D eigenvalue weighted by molar-refractivity contribution is -0.0945. The van der Waals surface area contributed by atoms with Gasteiger partial charge in [-0.1, -0.05) is 26.8 Å². The fourth-order valence-corrected chi connectivity index (χ4v) is 2.87. The van der Waals surface area contributed by atoms with Gasteiger partial charge in [-0.2, -0.15) is 0 Å². The predicted molar refractivity (Wildman–Crippen MR) is 114 cm³/mol. The summed E-state index contributed by atoms with van der Waals surface area (Å²) >= 11 is 0. The molecule has 2 N–H and O–H groups in total.